The molecule has 0 amide bonds. The molecule has 100 valence electrons. The van der Waals surface area contributed by atoms with E-state index < -0.39 is 10.2 Å². The van der Waals surface area contributed by atoms with Crippen molar-refractivity contribution in [3.63, 3.8) is 0 Å². The molecule has 0 atom stereocenters. The molecule has 0 aromatic heterocycles. The first-order chi connectivity index (χ1) is 8.08. The SMILES string of the molecule is O=S(=O)(NCC1CCC(Cl)CC1)N1CCCC1. The Labute approximate surface area is 109 Å². The molecule has 2 rings (SSSR count). The van der Waals surface area contributed by atoms with E-state index in [0.717, 1.165) is 38.5 Å². The average molecular weight is 281 g/mol. The van der Waals surface area contributed by atoms with Crippen LogP contribution in [0.5, 0.6) is 0 Å². The Kier molecular flexibility index (Phi) is 4.69. The molecule has 0 bridgehead atoms. The molecule has 0 radical (unpaired) electrons. The van der Waals surface area contributed by atoms with E-state index in [4.69, 9.17) is 11.6 Å². The molecule has 0 unspecified atom stereocenters. The molecule has 1 aliphatic carbocycles. The Morgan fingerprint density at radius 3 is 2.29 bits per heavy atom. The highest BCUT2D eigenvalue weighted by Crippen LogP contribution is 2.27. The molecular weight excluding hydrogens is 260 g/mol. The Morgan fingerprint density at radius 1 is 1.12 bits per heavy atom. The van der Waals surface area contributed by atoms with Crippen LogP contribution < -0.4 is 4.72 Å². The lowest BCUT2D eigenvalue weighted by molar-refractivity contribution is 0.356. The van der Waals surface area contributed by atoms with Crippen LogP contribution in [-0.2, 0) is 10.2 Å². The topological polar surface area (TPSA) is 49.4 Å². The van der Waals surface area contributed by atoms with Crippen LogP contribution in [0, 0.1) is 5.92 Å². The number of nitrogens with zero attached hydrogens (tertiary/aromatic N) is 1. The molecule has 0 spiro atoms. The summed E-state index contributed by atoms with van der Waals surface area (Å²) in [6.45, 7) is 1.91. The molecule has 1 N–H and O–H groups in total. The molecule has 17 heavy (non-hydrogen) atoms. The Morgan fingerprint density at radius 2 is 1.71 bits per heavy atom. The summed E-state index contributed by atoms with van der Waals surface area (Å²) in [6.07, 6.45) is 6.07. The number of alkyl halides is 1. The van der Waals surface area contributed by atoms with Crippen LogP contribution in [0.4, 0.5) is 0 Å². The maximum Gasteiger partial charge on any atom is 0.279 e. The summed E-state index contributed by atoms with van der Waals surface area (Å²) in [4.78, 5) is 0. The van der Waals surface area contributed by atoms with Crippen molar-refractivity contribution in [2.75, 3.05) is 19.6 Å². The number of hydrogen-bond donors (Lipinski definition) is 1. The molecule has 4 nitrogen and oxygen atoms in total. The third-order valence-corrected chi connectivity index (χ3v) is 5.75. The monoisotopic (exact) mass is 280 g/mol. The van der Waals surface area contributed by atoms with Crippen LogP contribution in [0.15, 0.2) is 0 Å². The van der Waals surface area contributed by atoms with Gasteiger partial charge in [-0.1, -0.05) is 0 Å². The summed E-state index contributed by atoms with van der Waals surface area (Å²) in [5.41, 5.74) is 0. The highest BCUT2D eigenvalue weighted by atomic mass is 35.5. The predicted molar refractivity (Wildman–Crippen MR) is 69.3 cm³/mol. The maximum atomic E-state index is 11.9. The van der Waals surface area contributed by atoms with Crippen LogP contribution in [0.25, 0.3) is 0 Å². The van der Waals surface area contributed by atoms with Gasteiger partial charge >= 0.3 is 0 Å². The van der Waals surface area contributed by atoms with Crippen LogP contribution >= 0.6 is 11.6 Å². The van der Waals surface area contributed by atoms with Crippen molar-refractivity contribution in [1.82, 2.24) is 9.03 Å². The van der Waals surface area contributed by atoms with Gasteiger partial charge in [-0.05, 0) is 44.4 Å². The fourth-order valence-corrected chi connectivity index (χ4v) is 4.19. The third kappa shape index (κ3) is 3.81. The van der Waals surface area contributed by atoms with E-state index in [2.05, 4.69) is 4.72 Å². The summed E-state index contributed by atoms with van der Waals surface area (Å²) in [6, 6.07) is 0. The fraction of sp³-hybridized carbons (Fsp3) is 1.00. The normalized spacial score (nSPS) is 31.8. The molecule has 0 aromatic rings. The van der Waals surface area contributed by atoms with Gasteiger partial charge in [0, 0.05) is 25.0 Å². The van der Waals surface area contributed by atoms with Crippen LogP contribution in [0.1, 0.15) is 38.5 Å². The van der Waals surface area contributed by atoms with E-state index in [1.807, 2.05) is 0 Å². The lowest BCUT2D eigenvalue weighted by atomic mass is 9.89. The van der Waals surface area contributed by atoms with Gasteiger partial charge in [0.05, 0.1) is 0 Å². The Hall–Kier alpha value is 0.160. The summed E-state index contributed by atoms with van der Waals surface area (Å²) < 4.78 is 28.2. The van der Waals surface area contributed by atoms with Gasteiger partial charge in [0.15, 0.2) is 0 Å². The minimum Gasteiger partial charge on any atom is -0.202 e. The van der Waals surface area contributed by atoms with E-state index >= 15 is 0 Å². The maximum absolute atomic E-state index is 11.9. The molecule has 1 heterocycles. The first-order valence-corrected chi connectivity index (χ1v) is 8.34. The van der Waals surface area contributed by atoms with Crippen molar-refractivity contribution in [3.05, 3.63) is 0 Å². The first-order valence-electron chi connectivity index (χ1n) is 6.47. The van der Waals surface area contributed by atoms with Crippen molar-refractivity contribution >= 4 is 21.8 Å². The quantitative estimate of drug-likeness (QED) is 0.797. The van der Waals surface area contributed by atoms with E-state index in [9.17, 15) is 8.42 Å². The van der Waals surface area contributed by atoms with Crippen molar-refractivity contribution in [3.8, 4) is 0 Å². The van der Waals surface area contributed by atoms with Crippen molar-refractivity contribution in [2.24, 2.45) is 5.92 Å². The molecule has 1 aliphatic heterocycles. The zero-order chi connectivity index (χ0) is 12.3. The zero-order valence-corrected chi connectivity index (χ0v) is 11.6. The summed E-state index contributed by atoms with van der Waals surface area (Å²) in [7, 11) is -3.22. The summed E-state index contributed by atoms with van der Waals surface area (Å²) in [5, 5.41) is 0.293. The first kappa shape index (κ1) is 13.6. The van der Waals surface area contributed by atoms with Crippen LogP contribution in [-0.4, -0.2) is 37.7 Å². The highest BCUT2D eigenvalue weighted by Gasteiger charge is 2.26. The molecule has 6 heteroatoms. The number of nitrogens with one attached hydrogen (secondary N) is 1. The molecule has 0 aromatic carbocycles. The minimum atomic E-state index is -3.22. The van der Waals surface area contributed by atoms with Gasteiger partial charge in [-0.25, -0.2) is 4.72 Å². The largest absolute Gasteiger partial charge is 0.279 e. The van der Waals surface area contributed by atoms with E-state index in [1.165, 1.54) is 0 Å². The molecule has 1 saturated heterocycles. The van der Waals surface area contributed by atoms with E-state index in [0.29, 0.717) is 30.9 Å². The lowest BCUT2D eigenvalue weighted by Crippen LogP contribution is -2.41. The van der Waals surface area contributed by atoms with Gasteiger partial charge < -0.3 is 0 Å². The Balaban J connectivity index is 1.77. The number of halogens is 1. The Bertz CT molecular complexity index is 333. The van der Waals surface area contributed by atoms with Gasteiger partial charge in [0.25, 0.3) is 10.2 Å². The third-order valence-electron chi connectivity index (χ3n) is 3.74. The average Bonchev–Trinajstić information content (AvgIpc) is 2.82. The van der Waals surface area contributed by atoms with Gasteiger partial charge in [-0.2, -0.15) is 12.7 Å². The molecule has 2 fully saturated rings. The van der Waals surface area contributed by atoms with Gasteiger partial charge in [-0.3, -0.25) is 0 Å². The number of rotatable bonds is 4. The molecule has 2 aliphatic rings. The second kappa shape index (κ2) is 5.87. The summed E-state index contributed by atoms with van der Waals surface area (Å²) >= 11 is 6.03. The van der Waals surface area contributed by atoms with Crippen molar-refractivity contribution < 1.29 is 8.42 Å². The van der Waals surface area contributed by atoms with Gasteiger partial charge in [-0.15, -0.1) is 11.6 Å². The second-order valence-corrected chi connectivity index (χ2v) is 7.45. The van der Waals surface area contributed by atoms with Crippen LogP contribution in [0.3, 0.4) is 0 Å². The molecular formula is C11H21ClN2O2S. The van der Waals surface area contributed by atoms with Crippen LogP contribution in [0.2, 0.25) is 0 Å². The second-order valence-electron chi connectivity index (χ2n) is 5.08. The molecule has 1 saturated carbocycles. The van der Waals surface area contributed by atoms with E-state index in [1.54, 1.807) is 4.31 Å². The minimum absolute atomic E-state index is 0.293. The highest BCUT2D eigenvalue weighted by molar-refractivity contribution is 7.87. The standard InChI is InChI=1S/C11H21ClN2O2S/c12-11-5-3-10(4-6-11)9-13-17(15,16)14-7-1-2-8-14/h10-11,13H,1-9H2. The summed E-state index contributed by atoms with van der Waals surface area (Å²) in [5.74, 6) is 0.461. The van der Waals surface area contributed by atoms with E-state index in [-0.39, 0.29) is 0 Å². The number of hydrogen-bond acceptors (Lipinski definition) is 2. The fourth-order valence-electron chi connectivity index (χ4n) is 2.57. The van der Waals surface area contributed by atoms with Crippen molar-refractivity contribution in [1.29, 1.82) is 0 Å². The lowest BCUT2D eigenvalue weighted by Gasteiger charge is -2.26. The van der Waals surface area contributed by atoms with Crippen molar-refractivity contribution in [2.45, 2.75) is 43.9 Å². The van der Waals surface area contributed by atoms with Gasteiger partial charge in [0.2, 0.25) is 0 Å². The smallest absolute Gasteiger partial charge is 0.202 e. The predicted octanol–water partition coefficient (Wildman–Crippen LogP) is 1.71. The zero-order valence-electron chi connectivity index (χ0n) is 10.1. The van der Waals surface area contributed by atoms with Gasteiger partial charge in [0.1, 0.15) is 0 Å².